The van der Waals surface area contributed by atoms with E-state index in [1.807, 2.05) is 63.4 Å². The fourth-order valence-electron chi connectivity index (χ4n) is 4.54. The SMILES string of the molecule is CCc1n[nH]c(=O)c2c(C)cc(-c3cnn(C)c3-c3c(C#N)cc4ccccc4c3Cl)cc12. The number of benzene rings is 3. The predicted octanol–water partition coefficient (Wildman–Crippen LogP) is 5.54. The summed E-state index contributed by atoms with van der Waals surface area (Å²) in [4.78, 5) is 12.5. The van der Waals surface area contributed by atoms with Crippen molar-refractivity contribution in [3.8, 4) is 28.5 Å². The summed E-state index contributed by atoms with van der Waals surface area (Å²) in [5.41, 5.74) is 5.05. The number of nitrogens with one attached hydrogen (secondary N) is 1. The molecule has 0 fully saturated rings. The van der Waals surface area contributed by atoms with Crippen LogP contribution in [0.2, 0.25) is 5.02 Å². The van der Waals surface area contributed by atoms with Crippen molar-refractivity contribution in [3.05, 3.63) is 80.9 Å². The van der Waals surface area contributed by atoms with Gasteiger partial charge in [0.15, 0.2) is 0 Å². The summed E-state index contributed by atoms with van der Waals surface area (Å²) in [5.74, 6) is 0. The molecule has 1 N–H and O–H groups in total. The van der Waals surface area contributed by atoms with Gasteiger partial charge in [0.2, 0.25) is 0 Å². The Morgan fingerprint density at radius 2 is 1.97 bits per heavy atom. The van der Waals surface area contributed by atoms with E-state index >= 15 is 0 Å². The zero-order chi connectivity index (χ0) is 23.3. The number of nitrogens with zero attached hydrogens (tertiary/aromatic N) is 4. The van der Waals surface area contributed by atoms with Crippen LogP contribution in [0.4, 0.5) is 0 Å². The molecular weight excluding hydrogens is 434 g/mol. The highest BCUT2D eigenvalue weighted by Gasteiger charge is 2.22. The lowest BCUT2D eigenvalue weighted by Crippen LogP contribution is -2.12. The lowest BCUT2D eigenvalue weighted by molar-refractivity contribution is 0.776. The lowest BCUT2D eigenvalue weighted by atomic mass is 9.93. The summed E-state index contributed by atoms with van der Waals surface area (Å²) in [6.45, 7) is 3.92. The molecule has 0 amide bonds. The van der Waals surface area contributed by atoms with E-state index in [4.69, 9.17) is 11.6 Å². The van der Waals surface area contributed by atoms with Crippen LogP contribution >= 0.6 is 11.6 Å². The van der Waals surface area contributed by atoms with E-state index in [2.05, 4.69) is 21.4 Å². The molecule has 6 nitrogen and oxygen atoms in total. The maximum Gasteiger partial charge on any atom is 0.272 e. The van der Waals surface area contributed by atoms with Gasteiger partial charge >= 0.3 is 0 Å². The number of H-pyrrole nitrogens is 1. The van der Waals surface area contributed by atoms with E-state index in [9.17, 15) is 10.1 Å². The number of aromatic nitrogens is 4. The third kappa shape index (κ3) is 3.21. The van der Waals surface area contributed by atoms with Gasteiger partial charge in [0.25, 0.3) is 5.56 Å². The number of aryl methyl sites for hydroxylation is 3. The molecule has 0 unspecified atom stereocenters. The first-order valence-corrected chi connectivity index (χ1v) is 11.0. The van der Waals surface area contributed by atoms with Gasteiger partial charge in [0, 0.05) is 28.9 Å². The van der Waals surface area contributed by atoms with E-state index in [1.54, 1.807) is 10.9 Å². The molecule has 0 saturated carbocycles. The van der Waals surface area contributed by atoms with Gasteiger partial charge in [-0.15, -0.1) is 0 Å². The van der Waals surface area contributed by atoms with Gasteiger partial charge < -0.3 is 0 Å². The van der Waals surface area contributed by atoms with E-state index in [1.165, 1.54) is 0 Å². The number of aromatic amines is 1. The fourth-order valence-corrected chi connectivity index (χ4v) is 4.91. The first-order chi connectivity index (χ1) is 15.9. The van der Waals surface area contributed by atoms with Gasteiger partial charge in [-0.05, 0) is 42.0 Å². The Morgan fingerprint density at radius 3 is 2.73 bits per heavy atom. The van der Waals surface area contributed by atoms with Gasteiger partial charge in [-0.3, -0.25) is 9.48 Å². The van der Waals surface area contributed by atoms with Gasteiger partial charge in [-0.1, -0.05) is 48.9 Å². The van der Waals surface area contributed by atoms with Crippen LogP contribution in [0.15, 0.2) is 53.5 Å². The molecule has 0 aliphatic rings. The van der Waals surface area contributed by atoms with Crippen LogP contribution in [0.1, 0.15) is 23.7 Å². The smallest absolute Gasteiger partial charge is 0.267 e. The van der Waals surface area contributed by atoms with Crippen molar-refractivity contribution in [1.29, 1.82) is 5.26 Å². The van der Waals surface area contributed by atoms with Gasteiger partial charge in [0.05, 0.1) is 39.6 Å². The highest BCUT2D eigenvalue weighted by Crippen LogP contribution is 2.42. The number of hydrogen-bond donors (Lipinski definition) is 1. The quantitative estimate of drug-likeness (QED) is 0.388. The zero-order valence-electron chi connectivity index (χ0n) is 18.4. The molecule has 0 bridgehead atoms. The second-order valence-corrected chi connectivity index (χ2v) is 8.42. The van der Waals surface area contributed by atoms with E-state index in [-0.39, 0.29) is 5.56 Å². The molecule has 0 aliphatic carbocycles. The maximum atomic E-state index is 12.5. The molecule has 162 valence electrons. The summed E-state index contributed by atoms with van der Waals surface area (Å²) in [5, 5.41) is 25.0. The van der Waals surface area contributed by atoms with Crippen LogP contribution in [-0.4, -0.2) is 20.0 Å². The number of fused-ring (bicyclic) bond motifs is 2. The standard InChI is InChI=1S/C26H20ClN5O/c1-4-21-19-11-16(9-14(2)22(19)26(33)31-30-21)20-13-29-32(3)25(20)23-17(12-28)10-15-7-5-6-8-18(15)24(23)27/h5-11,13H,4H2,1-3H3,(H,31,33). The summed E-state index contributed by atoms with van der Waals surface area (Å²) >= 11 is 6.90. The molecule has 5 rings (SSSR count). The van der Waals surface area contributed by atoms with Crippen LogP contribution < -0.4 is 5.56 Å². The average Bonchev–Trinajstić information content (AvgIpc) is 3.19. The Balaban J connectivity index is 1.85. The monoisotopic (exact) mass is 453 g/mol. The largest absolute Gasteiger partial charge is 0.272 e. The Bertz CT molecular complexity index is 1670. The summed E-state index contributed by atoms with van der Waals surface area (Å²) < 4.78 is 1.74. The normalized spacial score (nSPS) is 11.2. The number of hydrogen-bond acceptors (Lipinski definition) is 4. The highest BCUT2D eigenvalue weighted by atomic mass is 35.5. The third-order valence-electron chi connectivity index (χ3n) is 6.09. The number of halogens is 1. The third-order valence-corrected chi connectivity index (χ3v) is 6.49. The van der Waals surface area contributed by atoms with Gasteiger partial charge in [-0.25, -0.2) is 5.10 Å². The Labute approximate surface area is 195 Å². The van der Waals surface area contributed by atoms with Crippen molar-refractivity contribution in [2.24, 2.45) is 7.05 Å². The first kappa shape index (κ1) is 20.9. The minimum Gasteiger partial charge on any atom is -0.267 e. The van der Waals surface area contributed by atoms with E-state index in [0.29, 0.717) is 28.0 Å². The minimum absolute atomic E-state index is 0.206. The minimum atomic E-state index is -0.206. The molecule has 0 spiro atoms. The van der Waals surface area contributed by atoms with Crippen molar-refractivity contribution >= 4 is 33.1 Å². The van der Waals surface area contributed by atoms with E-state index in [0.717, 1.165) is 44.2 Å². The fraction of sp³-hybridized carbons (Fsp3) is 0.154. The zero-order valence-corrected chi connectivity index (χ0v) is 19.2. The van der Waals surface area contributed by atoms with Crippen LogP contribution in [-0.2, 0) is 13.5 Å². The summed E-state index contributed by atoms with van der Waals surface area (Å²) in [6.07, 6.45) is 2.46. The van der Waals surface area contributed by atoms with Crippen LogP contribution in [0.25, 0.3) is 43.9 Å². The van der Waals surface area contributed by atoms with Gasteiger partial charge in [-0.2, -0.15) is 15.5 Å². The molecule has 0 atom stereocenters. The maximum absolute atomic E-state index is 12.5. The van der Waals surface area contributed by atoms with E-state index < -0.39 is 0 Å². The second-order valence-electron chi connectivity index (χ2n) is 8.05. The summed E-state index contributed by atoms with van der Waals surface area (Å²) in [6, 6.07) is 15.9. The molecule has 2 aromatic heterocycles. The summed E-state index contributed by atoms with van der Waals surface area (Å²) in [7, 11) is 1.84. The molecule has 5 aromatic rings. The number of nitriles is 1. The van der Waals surface area contributed by atoms with Crippen molar-refractivity contribution in [1.82, 2.24) is 20.0 Å². The van der Waals surface area contributed by atoms with Crippen molar-refractivity contribution in [2.75, 3.05) is 0 Å². The average molecular weight is 454 g/mol. The highest BCUT2D eigenvalue weighted by molar-refractivity contribution is 6.38. The molecule has 33 heavy (non-hydrogen) atoms. The van der Waals surface area contributed by atoms with Gasteiger partial charge in [0.1, 0.15) is 0 Å². The second kappa shape index (κ2) is 7.88. The molecule has 0 aliphatic heterocycles. The van der Waals surface area contributed by atoms with Crippen molar-refractivity contribution < 1.29 is 0 Å². The molecule has 7 heteroatoms. The molecule has 0 radical (unpaired) electrons. The van der Waals surface area contributed by atoms with Crippen molar-refractivity contribution in [2.45, 2.75) is 20.3 Å². The van der Waals surface area contributed by atoms with Crippen molar-refractivity contribution in [3.63, 3.8) is 0 Å². The Hall–Kier alpha value is -3.95. The number of rotatable bonds is 3. The van der Waals surface area contributed by atoms with Crippen LogP contribution in [0.3, 0.4) is 0 Å². The molecule has 3 aromatic carbocycles. The Morgan fingerprint density at radius 1 is 1.18 bits per heavy atom. The topological polar surface area (TPSA) is 87.4 Å². The molecular formula is C26H20ClN5O. The Kier molecular flexibility index (Phi) is 4.99. The first-order valence-electron chi connectivity index (χ1n) is 10.6. The lowest BCUT2D eigenvalue weighted by Gasteiger charge is -2.14. The molecule has 2 heterocycles. The molecule has 0 saturated heterocycles. The predicted molar refractivity (Wildman–Crippen MR) is 131 cm³/mol. The van der Waals surface area contributed by atoms with Crippen LogP contribution in [0, 0.1) is 18.3 Å². The van der Waals surface area contributed by atoms with Crippen LogP contribution in [0.5, 0.6) is 0 Å².